The second-order valence-electron chi connectivity index (χ2n) is 6.65. The van der Waals surface area contributed by atoms with Gasteiger partial charge in [-0.05, 0) is 68.8 Å². The van der Waals surface area contributed by atoms with E-state index in [0.29, 0.717) is 11.7 Å². The summed E-state index contributed by atoms with van der Waals surface area (Å²) in [6, 6.07) is 4.70. The third-order valence-electron chi connectivity index (χ3n) is 5.50. The topological polar surface area (TPSA) is 41.6 Å². The molecule has 0 unspecified atom stereocenters. The number of rotatable bonds is 1. The Balaban J connectivity index is 1.72. The monoisotopic (exact) mass is 241 g/mol. The van der Waals surface area contributed by atoms with Crippen molar-refractivity contribution in [3.63, 3.8) is 0 Å². The Morgan fingerprint density at radius 2 is 1.78 bits per heavy atom. The lowest BCUT2D eigenvalue weighted by Gasteiger charge is -2.54. The van der Waals surface area contributed by atoms with E-state index in [1.807, 2.05) is 6.07 Å². The fourth-order valence-electron chi connectivity index (χ4n) is 5.14. The molecule has 0 atom stereocenters. The Morgan fingerprint density at radius 3 is 2.28 bits per heavy atom. The molecule has 0 aliphatic heterocycles. The van der Waals surface area contributed by atoms with Gasteiger partial charge in [-0.15, -0.1) is 0 Å². The zero-order valence-corrected chi connectivity index (χ0v) is 10.8. The molecule has 4 bridgehead atoms. The molecule has 4 aliphatic rings. The van der Waals surface area contributed by atoms with E-state index < -0.39 is 0 Å². The van der Waals surface area contributed by atoms with Gasteiger partial charge in [-0.1, -0.05) is 0 Å². The SMILES string of the molecule is Cc1cc(C#N)nn1C1C2CC3CC(C2)CC1C3. The molecule has 4 fully saturated rings. The van der Waals surface area contributed by atoms with Gasteiger partial charge in [0.05, 0.1) is 6.04 Å². The first kappa shape index (κ1) is 10.6. The third-order valence-corrected chi connectivity index (χ3v) is 5.50. The molecule has 1 aromatic rings. The summed E-state index contributed by atoms with van der Waals surface area (Å²) in [6.07, 6.45) is 7.09. The summed E-state index contributed by atoms with van der Waals surface area (Å²) in [5, 5.41) is 13.5. The first-order chi connectivity index (χ1) is 8.74. The molecule has 3 nitrogen and oxygen atoms in total. The van der Waals surface area contributed by atoms with Crippen LogP contribution in [0.25, 0.3) is 0 Å². The van der Waals surface area contributed by atoms with E-state index in [1.54, 1.807) is 0 Å². The summed E-state index contributed by atoms with van der Waals surface area (Å²) in [5.74, 6) is 3.64. The van der Waals surface area contributed by atoms with Gasteiger partial charge in [-0.3, -0.25) is 4.68 Å². The molecule has 0 radical (unpaired) electrons. The van der Waals surface area contributed by atoms with E-state index in [0.717, 1.165) is 23.7 Å². The second kappa shape index (κ2) is 3.60. The molecule has 18 heavy (non-hydrogen) atoms. The molecular weight excluding hydrogens is 222 g/mol. The summed E-state index contributed by atoms with van der Waals surface area (Å²) in [7, 11) is 0. The number of aryl methyl sites for hydroxylation is 1. The van der Waals surface area contributed by atoms with Crippen LogP contribution >= 0.6 is 0 Å². The highest BCUT2D eigenvalue weighted by Crippen LogP contribution is 2.58. The Kier molecular flexibility index (Phi) is 2.12. The van der Waals surface area contributed by atoms with Gasteiger partial charge in [-0.25, -0.2) is 0 Å². The van der Waals surface area contributed by atoms with Crippen LogP contribution in [0.2, 0.25) is 0 Å². The van der Waals surface area contributed by atoms with Crippen molar-refractivity contribution in [2.75, 3.05) is 0 Å². The van der Waals surface area contributed by atoms with Gasteiger partial charge in [0.25, 0.3) is 0 Å². The van der Waals surface area contributed by atoms with E-state index in [2.05, 4.69) is 22.8 Å². The van der Waals surface area contributed by atoms with E-state index >= 15 is 0 Å². The molecule has 0 amide bonds. The molecule has 4 aliphatic carbocycles. The van der Waals surface area contributed by atoms with Crippen LogP contribution in [0.4, 0.5) is 0 Å². The molecule has 5 rings (SSSR count). The van der Waals surface area contributed by atoms with Crippen molar-refractivity contribution in [3.8, 4) is 6.07 Å². The minimum Gasteiger partial charge on any atom is -0.265 e. The van der Waals surface area contributed by atoms with Crippen LogP contribution in [0, 0.1) is 41.9 Å². The molecule has 1 heterocycles. The van der Waals surface area contributed by atoms with Crippen molar-refractivity contribution in [2.45, 2.75) is 45.1 Å². The molecule has 0 spiro atoms. The van der Waals surface area contributed by atoms with Crippen molar-refractivity contribution in [2.24, 2.45) is 23.7 Å². The largest absolute Gasteiger partial charge is 0.265 e. The number of nitrogens with zero attached hydrogens (tertiary/aromatic N) is 3. The van der Waals surface area contributed by atoms with E-state index in [9.17, 15) is 0 Å². The quantitative estimate of drug-likeness (QED) is 0.758. The Hall–Kier alpha value is -1.30. The van der Waals surface area contributed by atoms with Crippen molar-refractivity contribution < 1.29 is 0 Å². The molecule has 4 saturated carbocycles. The number of hydrogen-bond acceptors (Lipinski definition) is 2. The van der Waals surface area contributed by atoms with Crippen LogP contribution in [0.15, 0.2) is 6.07 Å². The van der Waals surface area contributed by atoms with Crippen molar-refractivity contribution in [3.05, 3.63) is 17.5 Å². The summed E-state index contributed by atoms with van der Waals surface area (Å²) in [6.45, 7) is 2.10. The predicted molar refractivity (Wildman–Crippen MR) is 67.8 cm³/mol. The van der Waals surface area contributed by atoms with Gasteiger partial charge in [-0.2, -0.15) is 10.4 Å². The van der Waals surface area contributed by atoms with E-state index in [-0.39, 0.29) is 0 Å². The first-order valence-corrected chi connectivity index (χ1v) is 7.21. The zero-order valence-electron chi connectivity index (χ0n) is 10.8. The first-order valence-electron chi connectivity index (χ1n) is 7.21. The predicted octanol–water partition coefficient (Wildman–Crippen LogP) is 3.06. The molecule has 1 aromatic heterocycles. The number of hydrogen-bond donors (Lipinski definition) is 0. The molecular formula is C15H19N3. The Bertz CT molecular complexity index is 494. The van der Waals surface area contributed by atoms with E-state index in [4.69, 9.17) is 5.26 Å². The van der Waals surface area contributed by atoms with Crippen molar-refractivity contribution in [1.29, 1.82) is 5.26 Å². The van der Waals surface area contributed by atoms with Gasteiger partial charge in [0.1, 0.15) is 6.07 Å². The van der Waals surface area contributed by atoms with Crippen LogP contribution < -0.4 is 0 Å². The third kappa shape index (κ3) is 1.38. The standard InChI is InChI=1S/C15H19N3/c1-9-2-14(8-16)17-18(9)15-12-4-10-3-11(6-12)7-13(15)5-10/h2,10-13,15H,3-7H2,1H3. The van der Waals surface area contributed by atoms with Crippen LogP contribution in [0.5, 0.6) is 0 Å². The summed E-state index contributed by atoms with van der Waals surface area (Å²) >= 11 is 0. The molecule has 0 saturated heterocycles. The van der Waals surface area contributed by atoms with Gasteiger partial charge in [0.2, 0.25) is 0 Å². The van der Waals surface area contributed by atoms with Crippen LogP contribution in [0.3, 0.4) is 0 Å². The lowest BCUT2D eigenvalue weighted by atomic mass is 9.54. The highest BCUT2D eigenvalue weighted by Gasteiger charge is 2.49. The normalized spacial score (nSPS) is 41.0. The van der Waals surface area contributed by atoms with Crippen LogP contribution in [-0.4, -0.2) is 9.78 Å². The van der Waals surface area contributed by atoms with Crippen LogP contribution in [-0.2, 0) is 0 Å². The lowest BCUT2D eigenvalue weighted by molar-refractivity contribution is -0.0344. The summed E-state index contributed by atoms with van der Waals surface area (Å²) in [5.41, 5.74) is 1.75. The molecule has 0 aromatic carbocycles. The minimum atomic E-state index is 0.583. The molecule has 3 heteroatoms. The maximum Gasteiger partial charge on any atom is 0.162 e. The minimum absolute atomic E-state index is 0.583. The van der Waals surface area contributed by atoms with E-state index in [1.165, 1.54) is 37.8 Å². The van der Waals surface area contributed by atoms with Gasteiger partial charge in [0.15, 0.2) is 5.69 Å². The Morgan fingerprint density at radius 1 is 1.17 bits per heavy atom. The Labute approximate surface area is 108 Å². The number of aromatic nitrogens is 2. The molecule has 94 valence electrons. The van der Waals surface area contributed by atoms with Crippen molar-refractivity contribution in [1.82, 2.24) is 9.78 Å². The fraction of sp³-hybridized carbons (Fsp3) is 0.733. The summed E-state index contributed by atoms with van der Waals surface area (Å²) < 4.78 is 2.19. The van der Waals surface area contributed by atoms with Crippen LogP contribution in [0.1, 0.15) is 49.5 Å². The summed E-state index contributed by atoms with van der Waals surface area (Å²) in [4.78, 5) is 0. The smallest absolute Gasteiger partial charge is 0.162 e. The van der Waals surface area contributed by atoms with Gasteiger partial charge in [0, 0.05) is 5.69 Å². The second-order valence-corrected chi connectivity index (χ2v) is 6.65. The average molecular weight is 241 g/mol. The highest BCUT2D eigenvalue weighted by molar-refractivity contribution is 5.22. The molecule has 0 N–H and O–H groups in total. The lowest BCUT2D eigenvalue weighted by Crippen LogP contribution is -2.46. The van der Waals surface area contributed by atoms with Gasteiger partial charge < -0.3 is 0 Å². The number of nitriles is 1. The average Bonchev–Trinajstić information content (AvgIpc) is 2.69. The zero-order chi connectivity index (χ0) is 12.3. The van der Waals surface area contributed by atoms with Crippen molar-refractivity contribution >= 4 is 0 Å². The maximum atomic E-state index is 9.00. The fourth-order valence-corrected chi connectivity index (χ4v) is 5.14. The van der Waals surface area contributed by atoms with Gasteiger partial charge >= 0.3 is 0 Å². The highest BCUT2D eigenvalue weighted by atomic mass is 15.3. The maximum absolute atomic E-state index is 9.00.